The number of rotatable bonds is 6. The van der Waals surface area contributed by atoms with Crippen molar-refractivity contribution in [3.05, 3.63) is 108 Å². The van der Waals surface area contributed by atoms with Crippen molar-refractivity contribution in [3.63, 3.8) is 0 Å². The lowest BCUT2D eigenvalue weighted by atomic mass is 9.82. The van der Waals surface area contributed by atoms with E-state index in [0.29, 0.717) is 12.3 Å². The summed E-state index contributed by atoms with van der Waals surface area (Å²) in [5.41, 5.74) is 3.65. The van der Waals surface area contributed by atoms with Crippen molar-refractivity contribution in [2.24, 2.45) is 0 Å². The Bertz CT molecular complexity index is 1460. The minimum Gasteiger partial charge on any atom is -0.489 e. The maximum atomic E-state index is 14.0. The summed E-state index contributed by atoms with van der Waals surface area (Å²) < 4.78 is 20.0. The first kappa shape index (κ1) is 23.5. The molecule has 3 aromatic carbocycles. The predicted molar refractivity (Wildman–Crippen MR) is 144 cm³/mol. The standard InChI is InChI=1S/C31H30FN3O2/c1-22-18-31(13-12-30(36)35(31)26-9-5-8-25(32)16-26)14-15-34(22)20-24-19-33-29-11-10-27(17-28(24)29)37-21-23-6-3-2-4-7-23/h2-13,16-17,19,22,33H,14-15,18,20-21H2,1H3/t22-,31+/m1/s1. The molecule has 0 unspecified atom stereocenters. The van der Waals surface area contributed by atoms with Crippen molar-refractivity contribution in [2.75, 3.05) is 11.4 Å². The van der Waals surface area contributed by atoms with E-state index in [1.54, 1.807) is 17.0 Å². The van der Waals surface area contributed by atoms with Gasteiger partial charge in [0.05, 0.1) is 5.54 Å². The Morgan fingerprint density at radius 1 is 1.08 bits per heavy atom. The van der Waals surface area contributed by atoms with Gasteiger partial charge in [-0.2, -0.15) is 0 Å². The number of hydrogen-bond acceptors (Lipinski definition) is 3. The van der Waals surface area contributed by atoms with Crippen LogP contribution in [0.4, 0.5) is 10.1 Å². The lowest BCUT2D eigenvalue weighted by molar-refractivity contribution is -0.114. The van der Waals surface area contributed by atoms with Crippen molar-refractivity contribution < 1.29 is 13.9 Å². The lowest BCUT2D eigenvalue weighted by Gasteiger charge is -2.47. The van der Waals surface area contributed by atoms with Crippen LogP contribution in [0.3, 0.4) is 0 Å². The molecule has 1 spiro atoms. The summed E-state index contributed by atoms with van der Waals surface area (Å²) in [7, 11) is 0. The van der Waals surface area contributed by atoms with Crippen LogP contribution in [0.5, 0.6) is 5.75 Å². The van der Waals surface area contributed by atoms with Crippen molar-refractivity contribution in [3.8, 4) is 5.75 Å². The fraction of sp³-hybridized carbons (Fsp3) is 0.258. The largest absolute Gasteiger partial charge is 0.489 e. The zero-order valence-corrected chi connectivity index (χ0v) is 20.9. The van der Waals surface area contributed by atoms with Gasteiger partial charge >= 0.3 is 0 Å². The molecule has 4 aromatic rings. The van der Waals surface area contributed by atoms with Gasteiger partial charge in [0.1, 0.15) is 18.2 Å². The van der Waals surface area contributed by atoms with Gasteiger partial charge in [0.2, 0.25) is 0 Å². The summed E-state index contributed by atoms with van der Waals surface area (Å²) in [4.78, 5) is 20.5. The number of amides is 1. The van der Waals surface area contributed by atoms with E-state index in [1.807, 2.05) is 36.4 Å². The summed E-state index contributed by atoms with van der Waals surface area (Å²) in [6.45, 7) is 4.38. The minimum atomic E-state index is -0.417. The van der Waals surface area contributed by atoms with Crippen LogP contribution < -0.4 is 9.64 Å². The molecule has 2 aliphatic heterocycles. The molecule has 0 radical (unpaired) electrons. The molecule has 188 valence electrons. The van der Waals surface area contributed by atoms with Crippen LogP contribution in [-0.4, -0.2) is 33.9 Å². The van der Waals surface area contributed by atoms with Gasteiger partial charge in [-0.1, -0.05) is 42.5 Å². The number of aromatic amines is 1. The van der Waals surface area contributed by atoms with E-state index < -0.39 is 5.54 Å². The van der Waals surface area contributed by atoms with Crippen molar-refractivity contribution >= 4 is 22.5 Å². The highest BCUT2D eigenvalue weighted by molar-refractivity contribution is 6.06. The summed E-state index contributed by atoms with van der Waals surface area (Å²) in [6, 6.07) is 22.9. The predicted octanol–water partition coefficient (Wildman–Crippen LogP) is 6.21. The number of aromatic nitrogens is 1. The molecule has 3 heterocycles. The van der Waals surface area contributed by atoms with E-state index in [2.05, 4.69) is 47.3 Å². The number of halogens is 1. The number of piperidine rings is 1. The third-order valence-corrected chi connectivity index (χ3v) is 7.73. The summed E-state index contributed by atoms with van der Waals surface area (Å²) in [5.74, 6) is 0.443. The fourth-order valence-corrected chi connectivity index (χ4v) is 5.82. The molecule has 6 heteroatoms. The Labute approximate surface area is 216 Å². The molecule has 1 amide bonds. The average molecular weight is 496 g/mol. The normalized spacial score (nSPS) is 21.8. The Hall–Kier alpha value is -3.90. The van der Waals surface area contributed by atoms with E-state index >= 15 is 0 Å². The zero-order chi connectivity index (χ0) is 25.4. The fourth-order valence-electron chi connectivity index (χ4n) is 5.82. The second-order valence-electron chi connectivity index (χ2n) is 10.2. The Kier molecular flexibility index (Phi) is 6.05. The topological polar surface area (TPSA) is 48.6 Å². The van der Waals surface area contributed by atoms with Crippen molar-refractivity contribution in [1.29, 1.82) is 0 Å². The Morgan fingerprint density at radius 2 is 1.95 bits per heavy atom. The van der Waals surface area contributed by atoms with Gasteiger partial charge in [-0.25, -0.2) is 4.39 Å². The first-order chi connectivity index (χ1) is 18.0. The van der Waals surface area contributed by atoms with Gasteiger partial charge < -0.3 is 9.72 Å². The molecule has 0 bridgehead atoms. The quantitative estimate of drug-likeness (QED) is 0.346. The van der Waals surface area contributed by atoms with E-state index in [0.717, 1.165) is 48.1 Å². The number of ether oxygens (including phenoxy) is 1. The number of hydrogen-bond donors (Lipinski definition) is 1. The van der Waals surface area contributed by atoms with Crippen LogP contribution in [0, 0.1) is 5.82 Å². The SMILES string of the molecule is C[C@@H]1C[C@]2(C=CC(=O)N2c2cccc(F)c2)CCN1Cc1c[nH]c2ccc(OCc3ccccc3)cc12. The minimum absolute atomic E-state index is 0.0779. The molecule has 0 aliphatic carbocycles. The Morgan fingerprint density at radius 3 is 2.76 bits per heavy atom. The number of nitrogens with one attached hydrogen (secondary N) is 1. The van der Waals surface area contributed by atoms with Gasteiger partial charge in [0.15, 0.2) is 0 Å². The number of carbonyl (C=O) groups excluding carboxylic acids is 1. The molecule has 2 atom stereocenters. The van der Waals surface area contributed by atoms with E-state index in [-0.39, 0.29) is 17.8 Å². The molecule has 37 heavy (non-hydrogen) atoms. The van der Waals surface area contributed by atoms with Gasteiger partial charge in [0.25, 0.3) is 5.91 Å². The van der Waals surface area contributed by atoms with Gasteiger partial charge in [-0.15, -0.1) is 0 Å². The van der Waals surface area contributed by atoms with Crippen LogP contribution in [0.2, 0.25) is 0 Å². The monoisotopic (exact) mass is 495 g/mol. The molecule has 6 rings (SSSR count). The highest BCUT2D eigenvalue weighted by atomic mass is 19.1. The Balaban J connectivity index is 1.18. The van der Waals surface area contributed by atoms with Gasteiger partial charge in [0, 0.05) is 48.0 Å². The summed E-state index contributed by atoms with van der Waals surface area (Å²) in [5, 5.41) is 1.16. The van der Waals surface area contributed by atoms with E-state index in [4.69, 9.17) is 4.74 Å². The molecule has 1 saturated heterocycles. The van der Waals surface area contributed by atoms with Gasteiger partial charge in [-0.05, 0) is 67.3 Å². The number of H-pyrrole nitrogens is 1. The van der Waals surface area contributed by atoms with Crippen LogP contribution in [0.15, 0.2) is 91.1 Å². The first-order valence-corrected chi connectivity index (χ1v) is 12.8. The molecule has 1 aromatic heterocycles. The van der Waals surface area contributed by atoms with Crippen molar-refractivity contribution in [1.82, 2.24) is 9.88 Å². The second-order valence-corrected chi connectivity index (χ2v) is 10.2. The number of fused-ring (bicyclic) bond motifs is 1. The molecule has 0 saturated carbocycles. The highest BCUT2D eigenvalue weighted by Crippen LogP contribution is 2.41. The molecule has 5 nitrogen and oxygen atoms in total. The number of benzene rings is 3. The molecule has 1 fully saturated rings. The smallest absolute Gasteiger partial charge is 0.251 e. The number of likely N-dealkylation sites (tertiary alicyclic amines) is 1. The third-order valence-electron chi connectivity index (χ3n) is 7.73. The highest BCUT2D eigenvalue weighted by Gasteiger charge is 2.46. The summed E-state index contributed by atoms with van der Waals surface area (Å²) in [6.07, 6.45) is 7.34. The lowest BCUT2D eigenvalue weighted by Crippen LogP contribution is -2.56. The molecule has 2 aliphatic rings. The maximum absolute atomic E-state index is 14.0. The van der Waals surface area contributed by atoms with Crippen LogP contribution in [-0.2, 0) is 17.9 Å². The number of anilines is 1. The van der Waals surface area contributed by atoms with E-state index in [9.17, 15) is 9.18 Å². The third kappa shape index (κ3) is 4.53. The van der Waals surface area contributed by atoms with Crippen molar-refractivity contribution in [2.45, 2.75) is 44.5 Å². The number of carbonyl (C=O) groups is 1. The average Bonchev–Trinajstić information content (AvgIpc) is 3.45. The first-order valence-electron chi connectivity index (χ1n) is 12.8. The molecular weight excluding hydrogens is 465 g/mol. The number of nitrogens with zero attached hydrogens (tertiary/aromatic N) is 2. The molecular formula is C31H30FN3O2. The van der Waals surface area contributed by atoms with Crippen LogP contribution in [0.1, 0.15) is 30.9 Å². The summed E-state index contributed by atoms with van der Waals surface area (Å²) >= 11 is 0. The zero-order valence-electron chi connectivity index (χ0n) is 20.9. The van der Waals surface area contributed by atoms with Crippen LogP contribution in [0.25, 0.3) is 10.9 Å². The van der Waals surface area contributed by atoms with Crippen LogP contribution >= 0.6 is 0 Å². The molecule has 1 N–H and O–H groups in total. The second kappa shape index (κ2) is 9.52. The maximum Gasteiger partial charge on any atom is 0.251 e. The van der Waals surface area contributed by atoms with Gasteiger partial charge in [-0.3, -0.25) is 14.6 Å². The van der Waals surface area contributed by atoms with E-state index in [1.165, 1.54) is 17.7 Å².